The SMILES string of the molecule is O=C(O)CCC/C=C\C[C@H]1C2OC2C[C@@H]1NS(=O)(=O)c1ccccc1. The van der Waals surface area contributed by atoms with Crippen LogP contribution in [0.1, 0.15) is 32.1 Å². The predicted molar refractivity (Wildman–Crippen MR) is 92.6 cm³/mol. The van der Waals surface area contributed by atoms with Gasteiger partial charge in [-0.25, -0.2) is 13.1 Å². The van der Waals surface area contributed by atoms with E-state index < -0.39 is 16.0 Å². The van der Waals surface area contributed by atoms with E-state index in [-0.39, 0.29) is 35.5 Å². The Kier molecular flexibility index (Phi) is 5.56. The van der Waals surface area contributed by atoms with Gasteiger partial charge in [-0.05, 0) is 37.8 Å². The molecule has 1 saturated carbocycles. The van der Waals surface area contributed by atoms with Gasteiger partial charge >= 0.3 is 5.97 Å². The van der Waals surface area contributed by atoms with Crippen molar-refractivity contribution in [2.45, 2.75) is 55.2 Å². The van der Waals surface area contributed by atoms with Crippen molar-refractivity contribution in [1.29, 1.82) is 0 Å². The van der Waals surface area contributed by atoms with Crippen LogP contribution in [0.2, 0.25) is 0 Å². The lowest BCUT2D eigenvalue weighted by Gasteiger charge is -2.22. The molecule has 25 heavy (non-hydrogen) atoms. The van der Waals surface area contributed by atoms with Crippen LogP contribution in [0.25, 0.3) is 0 Å². The molecule has 136 valence electrons. The van der Waals surface area contributed by atoms with Gasteiger partial charge in [0.2, 0.25) is 10.0 Å². The topological polar surface area (TPSA) is 96.0 Å². The van der Waals surface area contributed by atoms with Gasteiger partial charge in [0.25, 0.3) is 0 Å². The van der Waals surface area contributed by atoms with E-state index in [1.165, 1.54) is 0 Å². The van der Waals surface area contributed by atoms with Crippen LogP contribution in [0, 0.1) is 5.92 Å². The molecule has 0 bridgehead atoms. The molecule has 0 amide bonds. The second-order valence-corrected chi connectivity index (χ2v) is 8.29. The molecule has 1 aliphatic heterocycles. The van der Waals surface area contributed by atoms with Gasteiger partial charge in [-0.15, -0.1) is 0 Å². The summed E-state index contributed by atoms with van der Waals surface area (Å²) in [6.07, 6.45) is 7.21. The van der Waals surface area contributed by atoms with Crippen LogP contribution in [0.15, 0.2) is 47.4 Å². The number of unbranched alkanes of at least 4 members (excludes halogenated alkanes) is 1. The standard InChI is InChI=1S/C18H23NO5S/c20-17(21)11-7-2-1-6-10-14-15(12-16-18(14)24-16)19-25(22,23)13-8-4-3-5-9-13/h1,3-6,8-9,14-16,18-19H,2,7,10-12H2,(H,20,21)/b6-1-/t14-,15+,16?,18?/m1/s1. The zero-order valence-corrected chi connectivity index (χ0v) is 14.7. The minimum Gasteiger partial charge on any atom is -0.481 e. The molecular formula is C18H23NO5S. The highest BCUT2D eigenvalue weighted by molar-refractivity contribution is 7.89. The molecule has 1 aromatic carbocycles. The Morgan fingerprint density at radius 3 is 2.76 bits per heavy atom. The summed E-state index contributed by atoms with van der Waals surface area (Å²) in [5, 5.41) is 8.61. The monoisotopic (exact) mass is 365 g/mol. The van der Waals surface area contributed by atoms with E-state index in [1.54, 1.807) is 30.3 Å². The van der Waals surface area contributed by atoms with E-state index in [1.807, 2.05) is 12.2 Å². The first-order valence-corrected chi connectivity index (χ1v) is 10.1. The first kappa shape index (κ1) is 18.1. The fraction of sp³-hybridized carbons (Fsp3) is 0.500. The Morgan fingerprint density at radius 1 is 1.28 bits per heavy atom. The molecule has 1 heterocycles. The Balaban J connectivity index is 1.55. The number of epoxide rings is 1. The van der Waals surface area contributed by atoms with Gasteiger partial charge < -0.3 is 9.84 Å². The van der Waals surface area contributed by atoms with Crippen molar-refractivity contribution in [2.24, 2.45) is 5.92 Å². The van der Waals surface area contributed by atoms with E-state index in [0.29, 0.717) is 19.3 Å². The zero-order chi connectivity index (χ0) is 17.9. The molecule has 0 radical (unpaired) electrons. The van der Waals surface area contributed by atoms with Crippen LogP contribution in [0.4, 0.5) is 0 Å². The van der Waals surface area contributed by atoms with E-state index >= 15 is 0 Å². The highest BCUT2D eigenvalue weighted by Gasteiger charge is 2.55. The number of fused-ring (bicyclic) bond motifs is 1. The van der Waals surface area contributed by atoms with Crippen molar-refractivity contribution in [3.63, 3.8) is 0 Å². The van der Waals surface area contributed by atoms with E-state index in [4.69, 9.17) is 9.84 Å². The van der Waals surface area contributed by atoms with Gasteiger partial charge in [0.15, 0.2) is 0 Å². The van der Waals surface area contributed by atoms with Crippen molar-refractivity contribution in [3.05, 3.63) is 42.5 Å². The maximum absolute atomic E-state index is 12.5. The number of carboxylic acid groups (broad SMARTS) is 1. The van der Waals surface area contributed by atoms with Crippen molar-refractivity contribution < 1.29 is 23.1 Å². The second-order valence-electron chi connectivity index (χ2n) is 6.57. The third-order valence-electron chi connectivity index (χ3n) is 4.74. The minimum absolute atomic E-state index is 0.124. The number of nitrogens with one attached hydrogen (secondary N) is 1. The Morgan fingerprint density at radius 2 is 2.04 bits per heavy atom. The Hall–Kier alpha value is -1.70. The number of allylic oxidation sites excluding steroid dienone is 2. The smallest absolute Gasteiger partial charge is 0.303 e. The van der Waals surface area contributed by atoms with Gasteiger partial charge in [0, 0.05) is 18.4 Å². The number of carboxylic acids is 1. The Labute approximate surface area is 147 Å². The highest BCUT2D eigenvalue weighted by atomic mass is 32.2. The van der Waals surface area contributed by atoms with Crippen LogP contribution in [0.5, 0.6) is 0 Å². The lowest BCUT2D eigenvalue weighted by molar-refractivity contribution is -0.137. The van der Waals surface area contributed by atoms with Crippen molar-refractivity contribution in [2.75, 3.05) is 0 Å². The molecule has 3 rings (SSSR count). The van der Waals surface area contributed by atoms with E-state index in [2.05, 4.69) is 4.72 Å². The number of carbonyl (C=O) groups is 1. The number of ether oxygens (including phenoxy) is 1. The van der Waals surface area contributed by atoms with Crippen molar-refractivity contribution >= 4 is 16.0 Å². The molecule has 1 aromatic rings. The van der Waals surface area contributed by atoms with Crippen LogP contribution in [-0.4, -0.2) is 37.7 Å². The maximum Gasteiger partial charge on any atom is 0.303 e. The molecule has 7 heteroatoms. The van der Waals surface area contributed by atoms with Crippen LogP contribution in [0.3, 0.4) is 0 Å². The fourth-order valence-corrected chi connectivity index (χ4v) is 4.74. The van der Waals surface area contributed by atoms with Gasteiger partial charge in [-0.1, -0.05) is 30.4 Å². The quantitative estimate of drug-likeness (QED) is 0.398. The molecule has 0 aromatic heterocycles. The highest BCUT2D eigenvalue weighted by Crippen LogP contribution is 2.45. The summed E-state index contributed by atoms with van der Waals surface area (Å²) in [5.74, 6) is -0.659. The number of hydrogen-bond acceptors (Lipinski definition) is 4. The molecule has 1 saturated heterocycles. The second kappa shape index (κ2) is 7.68. The third-order valence-corrected chi connectivity index (χ3v) is 6.25. The maximum atomic E-state index is 12.5. The fourth-order valence-electron chi connectivity index (χ4n) is 3.42. The number of aliphatic carboxylic acids is 1. The first-order valence-electron chi connectivity index (χ1n) is 8.57. The minimum atomic E-state index is -3.52. The summed E-state index contributed by atoms with van der Waals surface area (Å²) < 4.78 is 33.4. The lowest BCUT2D eigenvalue weighted by Crippen LogP contribution is -2.39. The molecule has 2 aliphatic rings. The van der Waals surface area contributed by atoms with Crippen LogP contribution >= 0.6 is 0 Å². The van der Waals surface area contributed by atoms with Gasteiger partial charge in [-0.3, -0.25) is 4.79 Å². The Bertz CT molecular complexity index is 731. The summed E-state index contributed by atoms with van der Waals surface area (Å²) in [4.78, 5) is 10.8. The third kappa shape index (κ3) is 4.68. The average Bonchev–Trinajstić information content (AvgIpc) is 3.25. The summed E-state index contributed by atoms with van der Waals surface area (Å²) in [6.45, 7) is 0. The lowest BCUT2D eigenvalue weighted by atomic mass is 9.98. The van der Waals surface area contributed by atoms with Crippen molar-refractivity contribution in [3.8, 4) is 0 Å². The van der Waals surface area contributed by atoms with Gasteiger partial charge in [-0.2, -0.15) is 0 Å². The van der Waals surface area contributed by atoms with Crippen LogP contribution < -0.4 is 4.72 Å². The number of rotatable bonds is 9. The molecule has 4 atom stereocenters. The molecule has 1 aliphatic carbocycles. The average molecular weight is 365 g/mol. The molecule has 2 fully saturated rings. The number of hydrogen-bond donors (Lipinski definition) is 2. The first-order chi connectivity index (χ1) is 12.0. The molecule has 2 unspecified atom stereocenters. The van der Waals surface area contributed by atoms with E-state index in [0.717, 1.165) is 6.42 Å². The van der Waals surface area contributed by atoms with Gasteiger partial charge in [0.1, 0.15) is 0 Å². The predicted octanol–water partition coefficient (Wildman–Crippen LogP) is 2.32. The summed E-state index contributed by atoms with van der Waals surface area (Å²) in [5.41, 5.74) is 0. The summed E-state index contributed by atoms with van der Waals surface area (Å²) in [7, 11) is -3.52. The summed E-state index contributed by atoms with van der Waals surface area (Å²) >= 11 is 0. The molecule has 0 spiro atoms. The van der Waals surface area contributed by atoms with Crippen molar-refractivity contribution in [1.82, 2.24) is 4.72 Å². The summed E-state index contributed by atoms with van der Waals surface area (Å²) in [6, 6.07) is 8.26. The zero-order valence-electron chi connectivity index (χ0n) is 13.9. The number of sulfonamides is 1. The molecule has 2 N–H and O–H groups in total. The normalized spacial score (nSPS) is 28.2. The molecular weight excluding hydrogens is 342 g/mol. The van der Waals surface area contributed by atoms with Crippen LogP contribution in [-0.2, 0) is 19.6 Å². The van der Waals surface area contributed by atoms with E-state index in [9.17, 15) is 13.2 Å². The largest absolute Gasteiger partial charge is 0.481 e. The van der Waals surface area contributed by atoms with Gasteiger partial charge in [0.05, 0.1) is 17.1 Å². The number of benzene rings is 1. The molecule has 6 nitrogen and oxygen atoms in total.